The lowest BCUT2D eigenvalue weighted by Gasteiger charge is -2.37. The number of nitrogens with one attached hydrogen (secondary N) is 3. The predicted molar refractivity (Wildman–Crippen MR) is 158 cm³/mol. The molecule has 216 valence electrons. The first-order valence-corrected chi connectivity index (χ1v) is 15.0. The van der Waals surface area contributed by atoms with Crippen molar-refractivity contribution in [2.75, 3.05) is 0 Å². The Hall–Kier alpha value is -3.22. The van der Waals surface area contributed by atoms with Gasteiger partial charge in [-0.2, -0.15) is 0 Å². The largest absolute Gasteiger partial charge is 0.508 e. The van der Waals surface area contributed by atoms with E-state index in [1.54, 1.807) is 39.8 Å². The van der Waals surface area contributed by atoms with Gasteiger partial charge in [0, 0.05) is 15.9 Å². The third kappa shape index (κ3) is 8.15. The zero-order chi connectivity index (χ0) is 29.7. The van der Waals surface area contributed by atoms with Crippen LogP contribution in [0.2, 0.25) is 0 Å². The summed E-state index contributed by atoms with van der Waals surface area (Å²) < 4.78 is -1.75. The third-order valence-corrected chi connectivity index (χ3v) is 10.9. The number of nitrogens with two attached hydrogens (primary N) is 2. The minimum absolute atomic E-state index is 0.0998. The van der Waals surface area contributed by atoms with Crippen LogP contribution in [0, 0.1) is 0 Å². The average molecular weight is 588 g/mol. The summed E-state index contributed by atoms with van der Waals surface area (Å²) in [5.41, 5.74) is 13.4. The summed E-state index contributed by atoms with van der Waals surface area (Å²) in [5, 5.41) is 17.9. The van der Waals surface area contributed by atoms with Gasteiger partial charge in [-0.3, -0.25) is 19.2 Å². The molecule has 0 spiro atoms. The van der Waals surface area contributed by atoms with Gasteiger partial charge >= 0.3 is 0 Å². The smallest absolute Gasteiger partial charge is 0.244 e. The molecule has 4 amide bonds. The first-order chi connectivity index (χ1) is 18.7. The quantitative estimate of drug-likeness (QED) is 0.263. The summed E-state index contributed by atoms with van der Waals surface area (Å²) in [7, 11) is 2.60. The Bertz CT molecular complexity index is 1220. The molecule has 12 heteroatoms. The molecule has 2 aromatic rings. The normalized spacial score (nSPS) is 23.6. The molecule has 3 rings (SSSR count). The van der Waals surface area contributed by atoms with E-state index in [4.69, 9.17) is 11.5 Å². The van der Waals surface area contributed by atoms with Crippen molar-refractivity contribution in [2.24, 2.45) is 11.5 Å². The number of hydrogen-bond donors (Lipinski definition) is 6. The van der Waals surface area contributed by atoms with Gasteiger partial charge in [0.05, 0.1) is 6.04 Å². The zero-order valence-electron chi connectivity index (χ0n) is 23.0. The number of aromatic hydroxyl groups is 1. The van der Waals surface area contributed by atoms with E-state index in [1.807, 2.05) is 30.3 Å². The molecular weight excluding hydrogens is 550 g/mol. The van der Waals surface area contributed by atoms with E-state index < -0.39 is 57.3 Å². The molecule has 0 bridgehead atoms. The molecule has 1 aliphatic rings. The number of amides is 4. The molecule has 4 atom stereocenters. The fourth-order valence-corrected chi connectivity index (χ4v) is 7.07. The van der Waals surface area contributed by atoms with Gasteiger partial charge in [0.25, 0.3) is 0 Å². The van der Waals surface area contributed by atoms with Crippen molar-refractivity contribution >= 4 is 45.2 Å². The molecule has 1 saturated heterocycles. The monoisotopic (exact) mass is 587 g/mol. The maximum atomic E-state index is 13.7. The molecule has 1 fully saturated rings. The average Bonchev–Trinajstić information content (AvgIpc) is 2.90. The number of hydrogen-bond acceptors (Lipinski definition) is 8. The van der Waals surface area contributed by atoms with Crippen LogP contribution in [0.15, 0.2) is 54.6 Å². The van der Waals surface area contributed by atoms with E-state index in [9.17, 15) is 24.3 Å². The highest BCUT2D eigenvalue weighted by molar-refractivity contribution is 8.77. The Morgan fingerprint density at radius 3 is 2.12 bits per heavy atom. The van der Waals surface area contributed by atoms with Crippen molar-refractivity contribution in [3.63, 3.8) is 0 Å². The van der Waals surface area contributed by atoms with E-state index in [1.165, 1.54) is 33.7 Å². The van der Waals surface area contributed by atoms with Crippen LogP contribution in [-0.2, 0) is 32.0 Å². The molecular formula is C28H37N5O5S2. The topological polar surface area (TPSA) is 177 Å². The highest BCUT2D eigenvalue weighted by Crippen LogP contribution is 2.46. The minimum atomic E-state index is -1.07. The highest BCUT2D eigenvalue weighted by atomic mass is 33.1. The number of carbonyl (C=O) groups excluding carboxylic acids is 4. The molecule has 0 saturated carbocycles. The second-order valence-corrected chi connectivity index (χ2v) is 14.3. The maximum absolute atomic E-state index is 13.7. The number of carbonyl (C=O) groups is 4. The standard InChI is InChI=1S/C28H37N5O5S2/c1-27(2)21(23(30)35)32-25(37)20(15-16-8-6-5-7-9-16)31-26(38)22(28(3,4)40-39-27)33-24(36)19(29)14-17-10-12-18(34)13-11-17/h5-13,19-22,34H,14-15,29H2,1-4H3,(H2,30,35)(H,31,38)(H,32,37)(H,33,36)/t19-,20?,21+,22-/m0/s1. The van der Waals surface area contributed by atoms with Crippen molar-refractivity contribution < 1.29 is 24.3 Å². The Morgan fingerprint density at radius 2 is 1.52 bits per heavy atom. The zero-order valence-corrected chi connectivity index (χ0v) is 24.6. The fourth-order valence-electron chi connectivity index (χ4n) is 4.24. The Kier molecular flexibility index (Phi) is 10.1. The summed E-state index contributed by atoms with van der Waals surface area (Å²) >= 11 is 0. The van der Waals surface area contributed by atoms with Gasteiger partial charge < -0.3 is 32.5 Å². The van der Waals surface area contributed by atoms with Gasteiger partial charge in [0.2, 0.25) is 23.6 Å². The number of rotatable bonds is 7. The van der Waals surface area contributed by atoms with Crippen molar-refractivity contribution in [1.29, 1.82) is 0 Å². The Morgan fingerprint density at radius 1 is 0.925 bits per heavy atom. The van der Waals surface area contributed by atoms with E-state index in [2.05, 4.69) is 16.0 Å². The van der Waals surface area contributed by atoms with Gasteiger partial charge in [-0.1, -0.05) is 64.1 Å². The van der Waals surface area contributed by atoms with Crippen LogP contribution < -0.4 is 27.4 Å². The Balaban J connectivity index is 1.92. The van der Waals surface area contributed by atoms with Gasteiger partial charge in [-0.15, -0.1) is 0 Å². The fraction of sp³-hybridized carbons (Fsp3) is 0.429. The van der Waals surface area contributed by atoms with Crippen molar-refractivity contribution in [1.82, 2.24) is 16.0 Å². The van der Waals surface area contributed by atoms with Crippen LogP contribution in [0.4, 0.5) is 0 Å². The van der Waals surface area contributed by atoms with E-state index in [0.29, 0.717) is 0 Å². The van der Waals surface area contributed by atoms with Crippen molar-refractivity contribution in [3.8, 4) is 5.75 Å². The van der Waals surface area contributed by atoms with Crippen LogP contribution in [0.3, 0.4) is 0 Å². The number of benzene rings is 2. The van der Waals surface area contributed by atoms with Crippen molar-refractivity contribution in [3.05, 3.63) is 65.7 Å². The second-order valence-electron chi connectivity index (χ2n) is 10.9. The van der Waals surface area contributed by atoms with Crippen LogP contribution >= 0.6 is 21.6 Å². The predicted octanol–water partition coefficient (Wildman–Crippen LogP) is 1.40. The SMILES string of the molecule is CC1(C)SSC(C)(C)[C@@H](NC(=O)[C@@H](N)Cc2ccc(O)cc2)C(=O)NC(Cc2ccccc2)C(=O)N[C@@H]1C(N)=O. The molecule has 0 radical (unpaired) electrons. The molecule has 1 heterocycles. The molecule has 40 heavy (non-hydrogen) atoms. The van der Waals surface area contributed by atoms with Crippen LogP contribution in [0.5, 0.6) is 5.75 Å². The molecule has 1 unspecified atom stereocenters. The third-order valence-electron chi connectivity index (χ3n) is 6.63. The van der Waals surface area contributed by atoms with Gasteiger partial charge in [-0.25, -0.2) is 0 Å². The molecule has 0 aromatic heterocycles. The maximum Gasteiger partial charge on any atom is 0.244 e. The number of primary amides is 1. The first kappa shape index (κ1) is 31.3. The van der Waals surface area contributed by atoms with E-state index in [-0.39, 0.29) is 18.6 Å². The number of phenolic OH excluding ortho intramolecular Hbond substituents is 1. The Labute approximate surface area is 242 Å². The molecule has 8 N–H and O–H groups in total. The lowest BCUT2D eigenvalue weighted by Crippen LogP contribution is -2.62. The van der Waals surface area contributed by atoms with Gasteiger partial charge in [0.1, 0.15) is 23.9 Å². The summed E-state index contributed by atoms with van der Waals surface area (Å²) in [6, 6.07) is 11.4. The van der Waals surface area contributed by atoms with Crippen molar-refractivity contribution in [2.45, 2.75) is 74.2 Å². The lowest BCUT2D eigenvalue weighted by molar-refractivity contribution is -0.134. The summed E-state index contributed by atoms with van der Waals surface area (Å²) in [6.45, 7) is 7.18. The number of phenols is 1. The van der Waals surface area contributed by atoms with Crippen LogP contribution in [-0.4, -0.2) is 62.4 Å². The lowest BCUT2D eigenvalue weighted by atomic mass is 9.98. The van der Waals surface area contributed by atoms with Gasteiger partial charge in [-0.05, 0) is 57.4 Å². The molecule has 10 nitrogen and oxygen atoms in total. The molecule has 0 aliphatic carbocycles. The summed E-state index contributed by atoms with van der Waals surface area (Å²) in [5.74, 6) is -2.26. The molecule has 1 aliphatic heterocycles. The van der Waals surface area contributed by atoms with E-state index in [0.717, 1.165) is 11.1 Å². The van der Waals surface area contributed by atoms with Crippen LogP contribution in [0.25, 0.3) is 0 Å². The summed E-state index contributed by atoms with van der Waals surface area (Å²) in [4.78, 5) is 52.8. The highest BCUT2D eigenvalue weighted by Gasteiger charge is 2.45. The van der Waals surface area contributed by atoms with Crippen LogP contribution in [0.1, 0.15) is 38.8 Å². The second kappa shape index (κ2) is 13.0. The summed E-state index contributed by atoms with van der Waals surface area (Å²) in [6.07, 6.45) is 0.348. The minimum Gasteiger partial charge on any atom is -0.508 e. The van der Waals surface area contributed by atoms with Gasteiger partial charge in [0.15, 0.2) is 0 Å². The first-order valence-electron chi connectivity index (χ1n) is 12.8. The van der Waals surface area contributed by atoms with E-state index >= 15 is 0 Å². The molecule has 2 aromatic carbocycles.